The average molecular weight is 278 g/mol. The maximum Gasteiger partial charge on any atom is 0.123 e. The van der Waals surface area contributed by atoms with Crippen molar-refractivity contribution in [2.75, 3.05) is 13.6 Å². The topological polar surface area (TPSA) is 29.3 Å². The van der Waals surface area contributed by atoms with E-state index >= 15 is 0 Å². The molecule has 1 aromatic carbocycles. The van der Waals surface area contributed by atoms with Gasteiger partial charge < -0.3 is 10.6 Å². The van der Waals surface area contributed by atoms with Gasteiger partial charge in [0.25, 0.3) is 0 Å². The molecule has 1 unspecified atom stereocenters. The van der Waals surface area contributed by atoms with E-state index < -0.39 is 0 Å². The Hall–Kier alpha value is -0.930. The highest BCUT2D eigenvalue weighted by Gasteiger charge is 2.21. The molecule has 0 bridgehead atoms. The average Bonchev–Trinajstić information content (AvgIpc) is 2.46. The monoisotopic (exact) mass is 278 g/mol. The Labute approximate surface area is 122 Å². The molecule has 3 heteroatoms. The highest BCUT2D eigenvalue weighted by atomic mass is 19.1. The Morgan fingerprint density at radius 3 is 2.40 bits per heavy atom. The van der Waals surface area contributed by atoms with Crippen LogP contribution in [0.2, 0.25) is 0 Å². The quantitative estimate of drug-likeness (QED) is 0.889. The molecule has 1 atom stereocenters. The Morgan fingerprint density at radius 2 is 1.80 bits per heavy atom. The molecule has 2 N–H and O–H groups in total. The van der Waals surface area contributed by atoms with E-state index in [-0.39, 0.29) is 11.9 Å². The van der Waals surface area contributed by atoms with Crippen LogP contribution in [0.4, 0.5) is 4.39 Å². The zero-order chi connectivity index (χ0) is 14.5. The number of hydrogen-bond donors (Lipinski definition) is 1. The minimum absolute atomic E-state index is 0.000522. The molecule has 20 heavy (non-hydrogen) atoms. The van der Waals surface area contributed by atoms with Gasteiger partial charge in [0.2, 0.25) is 0 Å². The van der Waals surface area contributed by atoms with Gasteiger partial charge in [-0.2, -0.15) is 0 Å². The summed E-state index contributed by atoms with van der Waals surface area (Å²) in [6.45, 7) is 3.36. The summed E-state index contributed by atoms with van der Waals surface area (Å²) in [5.74, 6) is 0.690. The van der Waals surface area contributed by atoms with Gasteiger partial charge in [-0.05, 0) is 69.3 Å². The third-order valence-electron chi connectivity index (χ3n) is 4.70. The number of hydrogen-bond acceptors (Lipinski definition) is 2. The Bertz CT molecular complexity index is 396. The number of nitrogens with two attached hydrogens (primary N) is 1. The summed E-state index contributed by atoms with van der Waals surface area (Å²) >= 11 is 0. The Morgan fingerprint density at radius 1 is 1.20 bits per heavy atom. The number of rotatable bonds is 5. The molecule has 112 valence electrons. The lowest BCUT2D eigenvalue weighted by Crippen LogP contribution is -2.36. The first kappa shape index (κ1) is 15.5. The number of benzene rings is 1. The first-order valence-corrected chi connectivity index (χ1v) is 7.77. The fourth-order valence-electron chi connectivity index (χ4n) is 3.09. The Kier molecular flexibility index (Phi) is 5.55. The van der Waals surface area contributed by atoms with Crippen LogP contribution in [0.3, 0.4) is 0 Å². The fraction of sp³-hybridized carbons (Fsp3) is 0.647. The third-order valence-corrected chi connectivity index (χ3v) is 4.70. The lowest BCUT2D eigenvalue weighted by Gasteiger charge is -2.34. The zero-order valence-corrected chi connectivity index (χ0v) is 12.7. The van der Waals surface area contributed by atoms with Gasteiger partial charge in [-0.1, -0.05) is 19.1 Å². The van der Waals surface area contributed by atoms with Crippen LogP contribution in [-0.4, -0.2) is 24.5 Å². The zero-order valence-electron chi connectivity index (χ0n) is 12.7. The third kappa shape index (κ3) is 4.29. The smallest absolute Gasteiger partial charge is 0.123 e. The highest BCUT2D eigenvalue weighted by molar-refractivity contribution is 5.19. The number of nitrogens with zero attached hydrogens (tertiary/aromatic N) is 1. The van der Waals surface area contributed by atoms with Crippen molar-refractivity contribution in [1.82, 2.24) is 4.90 Å². The van der Waals surface area contributed by atoms with Crippen LogP contribution >= 0.6 is 0 Å². The largest absolute Gasteiger partial charge is 0.324 e. The number of halogens is 1. The van der Waals surface area contributed by atoms with Gasteiger partial charge in [0.1, 0.15) is 5.82 Å². The molecule has 1 saturated carbocycles. The molecule has 0 aromatic heterocycles. The summed E-state index contributed by atoms with van der Waals surface area (Å²) < 4.78 is 12.9. The first-order chi connectivity index (χ1) is 9.56. The van der Waals surface area contributed by atoms with Crippen molar-refractivity contribution in [3.8, 4) is 0 Å². The van der Waals surface area contributed by atoms with Crippen LogP contribution < -0.4 is 5.73 Å². The lowest BCUT2D eigenvalue weighted by atomic mass is 9.86. The van der Waals surface area contributed by atoms with Crippen molar-refractivity contribution in [2.24, 2.45) is 11.7 Å². The fourth-order valence-corrected chi connectivity index (χ4v) is 3.09. The molecule has 0 amide bonds. The maximum atomic E-state index is 12.9. The van der Waals surface area contributed by atoms with E-state index in [0.29, 0.717) is 6.04 Å². The van der Waals surface area contributed by atoms with Gasteiger partial charge in [-0.15, -0.1) is 0 Å². The molecule has 2 rings (SSSR count). The maximum absolute atomic E-state index is 12.9. The second-order valence-corrected chi connectivity index (χ2v) is 6.34. The molecule has 0 radical (unpaired) electrons. The van der Waals surface area contributed by atoms with Crippen LogP contribution in [0, 0.1) is 11.7 Å². The van der Waals surface area contributed by atoms with Gasteiger partial charge in [-0.25, -0.2) is 4.39 Å². The van der Waals surface area contributed by atoms with E-state index in [9.17, 15) is 4.39 Å². The van der Waals surface area contributed by atoms with Crippen LogP contribution in [-0.2, 0) is 0 Å². The van der Waals surface area contributed by atoms with E-state index in [2.05, 4.69) is 18.9 Å². The summed E-state index contributed by atoms with van der Waals surface area (Å²) in [5.41, 5.74) is 7.22. The SMILES string of the molecule is CC1CCC(N(C)CCC(N)c2ccc(F)cc2)CC1. The summed E-state index contributed by atoms with van der Waals surface area (Å²) in [6.07, 6.45) is 6.24. The van der Waals surface area contributed by atoms with Crippen molar-refractivity contribution < 1.29 is 4.39 Å². The standard InChI is InChI=1S/C17H27FN2/c1-13-3-9-16(10-4-13)20(2)12-11-17(19)14-5-7-15(18)8-6-14/h5-8,13,16-17H,3-4,9-12,19H2,1-2H3. The molecular formula is C17H27FN2. The highest BCUT2D eigenvalue weighted by Crippen LogP contribution is 2.27. The van der Waals surface area contributed by atoms with E-state index in [4.69, 9.17) is 5.73 Å². The van der Waals surface area contributed by atoms with Crippen molar-refractivity contribution in [1.29, 1.82) is 0 Å². The van der Waals surface area contributed by atoms with Crippen molar-refractivity contribution in [2.45, 2.75) is 51.1 Å². The van der Waals surface area contributed by atoms with E-state index in [1.54, 1.807) is 12.1 Å². The minimum atomic E-state index is -0.200. The van der Waals surface area contributed by atoms with Crippen molar-refractivity contribution in [3.05, 3.63) is 35.6 Å². The molecule has 1 fully saturated rings. The second kappa shape index (κ2) is 7.19. The van der Waals surface area contributed by atoms with Crippen LogP contribution in [0.5, 0.6) is 0 Å². The van der Waals surface area contributed by atoms with Crippen molar-refractivity contribution >= 4 is 0 Å². The second-order valence-electron chi connectivity index (χ2n) is 6.34. The molecule has 1 aliphatic carbocycles. The summed E-state index contributed by atoms with van der Waals surface area (Å²) in [7, 11) is 2.21. The first-order valence-electron chi connectivity index (χ1n) is 7.77. The van der Waals surface area contributed by atoms with E-state index in [0.717, 1.165) is 24.4 Å². The summed E-state index contributed by atoms with van der Waals surface area (Å²) in [6, 6.07) is 7.28. The van der Waals surface area contributed by atoms with Gasteiger partial charge in [0.05, 0.1) is 0 Å². The van der Waals surface area contributed by atoms with Crippen LogP contribution in [0.25, 0.3) is 0 Å². The molecule has 0 aliphatic heterocycles. The van der Waals surface area contributed by atoms with Gasteiger partial charge in [-0.3, -0.25) is 0 Å². The minimum Gasteiger partial charge on any atom is -0.324 e. The Balaban J connectivity index is 1.77. The normalized spacial score (nSPS) is 24.9. The van der Waals surface area contributed by atoms with Crippen LogP contribution in [0.1, 0.15) is 50.6 Å². The van der Waals surface area contributed by atoms with Crippen molar-refractivity contribution in [3.63, 3.8) is 0 Å². The molecule has 0 saturated heterocycles. The molecule has 1 aliphatic rings. The molecule has 0 spiro atoms. The predicted octanol–water partition coefficient (Wildman–Crippen LogP) is 3.73. The van der Waals surface area contributed by atoms with Crippen LogP contribution in [0.15, 0.2) is 24.3 Å². The predicted molar refractivity (Wildman–Crippen MR) is 82.0 cm³/mol. The van der Waals surface area contributed by atoms with Gasteiger partial charge >= 0.3 is 0 Å². The summed E-state index contributed by atoms with van der Waals surface area (Å²) in [5, 5.41) is 0. The molecule has 0 heterocycles. The van der Waals surface area contributed by atoms with E-state index in [1.807, 2.05) is 0 Å². The van der Waals surface area contributed by atoms with Gasteiger partial charge in [0, 0.05) is 12.1 Å². The lowest BCUT2D eigenvalue weighted by molar-refractivity contribution is 0.166. The summed E-state index contributed by atoms with van der Waals surface area (Å²) in [4.78, 5) is 2.45. The van der Waals surface area contributed by atoms with Gasteiger partial charge in [0.15, 0.2) is 0 Å². The molecule has 1 aromatic rings. The molecular weight excluding hydrogens is 251 g/mol. The molecule has 2 nitrogen and oxygen atoms in total. The van der Waals surface area contributed by atoms with E-state index in [1.165, 1.54) is 37.8 Å².